The molecular weight excluding hydrogens is 289 g/mol. The van der Waals surface area contributed by atoms with Crippen LogP contribution >= 0.6 is 12.6 Å². The smallest absolute Gasteiger partial charge is 0.228 e. The molecule has 0 aliphatic carbocycles. The third kappa shape index (κ3) is 2.68. The van der Waals surface area contributed by atoms with E-state index in [1.807, 2.05) is 13.0 Å². The Labute approximate surface area is 128 Å². The summed E-state index contributed by atoms with van der Waals surface area (Å²) in [6, 6.07) is 7.96. The number of thiol groups is 1. The molecule has 3 rings (SSSR count). The zero-order valence-corrected chi connectivity index (χ0v) is 12.6. The van der Waals surface area contributed by atoms with Gasteiger partial charge in [-0.05, 0) is 42.9 Å². The van der Waals surface area contributed by atoms with E-state index >= 15 is 0 Å². The second-order valence-corrected chi connectivity index (χ2v) is 5.65. The van der Waals surface area contributed by atoms with Crippen molar-refractivity contribution >= 4 is 24.4 Å². The second kappa shape index (κ2) is 5.52. The summed E-state index contributed by atoms with van der Waals surface area (Å²) in [7, 11) is 0. The first-order valence-electron chi connectivity index (χ1n) is 6.82. The van der Waals surface area contributed by atoms with Gasteiger partial charge in [0.15, 0.2) is 0 Å². The average Bonchev–Trinajstić information content (AvgIpc) is 3.02. The Morgan fingerprint density at radius 1 is 1.38 bits per heavy atom. The van der Waals surface area contributed by atoms with E-state index in [0.717, 1.165) is 17.2 Å². The molecule has 1 aromatic heterocycles. The predicted octanol–water partition coefficient (Wildman–Crippen LogP) is 2.60. The van der Waals surface area contributed by atoms with E-state index in [2.05, 4.69) is 17.7 Å². The minimum Gasteiger partial charge on any atom is -0.296 e. The van der Waals surface area contributed by atoms with Crippen LogP contribution in [0.15, 0.2) is 30.3 Å². The molecule has 1 unspecified atom stereocenters. The van der Waals surface area contributed by atoms with Gasteiger partial charge in [-0.3, -0.25) is 9.69 Å². The Bertz CT molecular complexity index is 668. The lowest BCUT2D eigenvalue weighted by atomic mass is 10.1. The highest BCUT2D eigenvalue weighted by atomic mass is 32.1. The standard InChI is InChI=1S/C15H16FN3OS/c1-10-6-14(18-8-11(9-21)7-15(18)20)19(17-10)13-4-2-12(16)3-5-13/h2-6,11,21H,7-9H2,1H3. The van der Waals surface area contributed by atoms with Crippen LogP contribution in [0.3, 0.4) is 0 Å². The molecule has 110 valence electrons. The first-order valence-corrected chi connectivity index (χ1v) is 7.45. The van der Waals surface area contributed by atoms with E-state index in [0.29, 0.717) is 18.7 Å². The van der Waals surface area contributed by atoms with Gasteiger partial charge >= 0.3 is 0 Å². The summed E-state index contributed by atoms with van der Waals surface area (Å²) in [6.45, 7) is 2.52. The number of nitrogens with zero attached hydrogens (tertiary/aromatic N) is 3. The maximum atomic E-state index is 13.1. The number of benzene rings is 1. The van der Waals surface area contributed by atoms with Crippen molar-refractivity contribution in [3.63, 3.8) is 0 Å². The van der Waals surface area contributed by atoms with Crippen LogP contribution in [0, 0.1) is 18.7 Å². The molecule has 0 saturated carbocycles. The third-order valence-corrected chi connectivity index (χ3v) is 4.14. The Hall–Kier alpha value is -1.82. The number of hydrogen-bond donors (Lipinski definition) is 1. The first-order chi connectivity index (χ1) is 10.1. The maximum absolute atomic E-state index is 13.1. The normalized spacial score (nSPS) is 18.5. The van der Waals surface area contributed by atoms with E-state index in [1.165, 1.54) is 12.1 Å². The Balaban J connectivity index is 2.00. The van der Waals surface area contributed by atoms with Gasteiger partial charge in [-0.2, -0.15) is 17.7 Å². The van der Waals surface area contributed by atoms with Gasteiger partial charge in [-0.1, -0.05) is 0 Å². The summed E-state index contributed by atoms with van der Waals surface area (Å²) < 4.78 is 14.8. The molecule has 1 aliphatic rings. The molecule has 1 aromatic carbocycles. The largest absolute Gasteiger partial charge is 0.296 e. The number of rotatable bonds is 3. The number of carbonyl (C=O) groups excluding carboxylic acids is 1. The van der Waals surface area contributed by atoms with Gasteiger partial charge in [0, 0.05) is 19.0 Å². The molecule has 1 atom stereocenters. The van der Waals surface area contributed by atoms with Crippen molar-refractivity contribution in [2.75, 3.05) is 17.2 Å². The summed E-state index contributed by atoms with van der Waals surface area (Å²) in [6.07, 6.45) is 0.511. The molecule has 4 nitrogen and oxygen atoms in total. The van der Waals surface area contributed by atoms with Crippen LogP contribution in [0.5, 0.6) is 0 Å². The number of aromatic nitrogens is 2. The van der Waals surface area contributed by atoms with Gasteiger partial charge in [0.25, 0.3) is 0 Å². The van der Waals surface area contributed by atoms with Gasteiger partial charge in [0.1, 0.15) is 11.6 Å². The Morgan fingerprint density at radius 3 is 2.71 bits per heavy atom. The second-order valence-electron chi connectivity index (χ2n) is 5.29. The molecule has 1 aliphatic heterocycles. The summed E-state index contributed by atoms with van der Waals surface area (Å²) in [4.78, 5) is 13.9. The summed E-state index contributed by atoms with van der Waals surface area (Å²) >= 11 is 4.28. The first kappa shape index (κ1) is 14.1. The zero-order valence-electron chi connectivity index (χ0n) is 11.7. The highest BCUT2D eigenvalue weighted by Gasteiger charge is 2.32. The number of hydrogen-bond acceptors (Lipinski definition) is 3. The fraction of sp³-hybridized carbons (Fsp3) is 0.333. The summed E-state index contributed by atoms with van der Waals surface area (Å²) in [5, 5.41) is 4.42. The van der Waals surface area contributed by atoms with Crippen molar-refractivity contribution in [2.24, 2.45) is 5.92 Å². The average molecular weight is 305 g/mol. The van der Waals surface area contributed by atoms with Crippen molar-refractivity contribution in [3.8, 4) is 5.69 Å². The quantitative estimate of drug-likeness (QED) is 0.885. The van der Waals surface area contributed by atoms with Crippen LogP contribution in [0.2, 0.25) is 0 Å². The number of amides is 1. The molecule has 1 saturated heterocycles. The fourth-order valence-electron chi connectivity index (χ4n) is 2.58. The highest BCUT2D eigenvalue weighted by Crippen LogP contribution is 2.28. The topological polar surface area (TPSA) is 38.1 Å². The third-order valence-electron chi connectivity index (χ3n) is 3.62. The molecule has 1 amide bonds. The van der Waals surface area contributed by atoms with Gasteiger partial charge in [-0.15, -0.1) is 0 Å². The van der Waals surface area contributed by atoms with Crippen LogP contribution in [-0.4, -0.2) is 28.0 Å². The SMILES string of the molecule is Cc1cc(N2CC(CS)CC2=O)n(-c2ccc(F)cc2)n1. The van der Waals surface area contributed by atoms with Crippen LogP contribution in [0.4, 0.5) is 10.2 Å². The lowest BCUT2D eigenvalue weighted by Gasteiger charge is -2.17. The van der Waals surface area contributed by atoms with Gasteiger partial charge < -0.3 is 0 Å². The number of carbonyl (C=O) groups is 1. The van der Waals surface area contributed by atoms with E-state index in [9.17, 15) is 9.18 Å². The molecule has 0 N–H and O–H groups in total. The van der Waals surface area contributed by atoms with Crippen LogP contribution in [0.1, 0.15) is 12.1 Å². The molecule has 0 radical (unpaired) electrons. The van der Waals surface area contributed by atoms with Crippen molar-refractivity contribution in [3.05, 3.63) is 41.8 Å². The van der Waals surface area contributed by atoms with Gasteiger partial charge in [0.2, 0.25) is 5.91 Å². The van der Waals surface area contributed by atoms with E-state index < -0.39 is 0 Å². The van der Waals surface area contributed by atoms with E-state index in [4.69, 9.17) is 0 Å². The van der Waals surface area contributed by atoms with Gasteiger partial charge in [-0.25, -0.2) is 9.07 Å². The Kier molecular flexibility index (Phi) is 3.71. The van der Waals surface area contributed by atoms with Crippen LogP contribution < -0.4 is 4.90 Å². The highest BCUT2D eigenvalue weighted by molar-refractivity contribution is 7.80. The lowest BCUT2D eigenvalue weighted by molar-refractivity contribution is -0.117. The summed E-state index contributed by atoms with van der Waals surface area (Å²) in [5.41, 5.74) is 1.55. The molecule has 2 aromatic rings. The molecule has 0 bridgehead atoms. The molecular formula is C15H16FN3OS. The maximum Gasteiger partial charge on any atom is 0.228 e. The van der Waals surface area contributed by atoms with Crippen LogP contribution in [0.25, 0.3) is 5.69 Å². The van der Waals surface area contributed by atoms with Gasteiger partial charge in [0.05, 0.1) is 11.4 Å². The van der Waals surface area contributed by atoms with Crippen molar-refractivity contribution in [2.45, 2.75) is 13.3 Å². The minimum atomic E-state index is -0.295. The molecule has 2 heterocycles. The number of aryl methyl sites for hydroxylation is 1. The fourth-order valence-corrected chi connectivity index (χ4v) is 2.82. The predicted molar refractivity (Wildman–Crippen MR) is 82.6 cm³/mol. The minimum absolute atomic E-state index is 0.0808. The Morgan fingerprint density at radius 2 is 2.10 bits per heavy atom. The molecule has 0 spiro atoms. The number of halogens is 1. The number of anilines is 1. The van der Waals surface area contributed by atoms with Crippen molar-refractivity contribution in [1.29, 1.82) is 0 Å². The van der Waals surface area contributed by atoms with E-state index in [1.54, 1.807) is 21.7 Å². The van der Waals surface area contributed by atoms with Crippen molar-refractivity contribution < 1.29 is 9.18 Å². The van der Waals surface area contributed by atoms with E-state index in [-0.39, 0.29) is 17.6 Å². The zero-order chi connectivity index (χ0) is 15.0. The molecule has 1 fully saturated rings. The molecule has 6 heteroatoms. The lowest BCUT2D eigenvalue weighted by Crippen LogP contribution is -2.27. The monoisotopic (exact) mass is 305 g/mol. The van der Waals surface area contributed by atoms with Crippen molar-refractivity contribution in [1.82, 2.24) is 9.78 Å². The molecule has 21 heavy (non-hydrogen) atoms. The van der Waals surface area contributed by atoms with Crippen LogP contribution in [-0.2, 0) is 4.79 Å². The summed E-state index contributed by atoms with van der Waals surface area (Å²) in [5.74, 6) is 1.46.